The van der Waals surface area contributed by atoms with Gasteiger partial charge in [-0.1, -0.05) is 39.0 Å². The van der Waals surface area contributed by atoms with E-state index in [1.54, 1.807) is 6.08 Å². The lowest BCUT2D eigenvalue weighted by Crippen LogP contribution is -2.18. The first kappa shape index (κ1) is 17.7. The van der Waals surface area contributed by atoms with E-state index in [2.05, 4.69) is 5.32 Å². The molecule has 0 radical (unpaired) electrons. The fraction of sp³-hybridized carbons (Fsp3) is 0.500. The second-order valence-electron chi connectivity index (χ2n) is 6.02. The van der Waals surface area contributed by atoms with E-state index in [0.29, 0.717) is 13.1 Å². The van der Waals surface area contributed by atoms with Gasteiger partial charge in [0.25, 0.3) is 0 Å². The molecule has 0 saturated carbocycles. The number of allylic oxidation sites excluding steroid dienone is 1. The van der Waals surface area contributed by atoms with Crippen molar-refractivity contribution in [3.63, 3.8) is 0 Å². The molecule has 0 atom stereocenters. The number of rotatable bonds is 5. The van der Waals surface area contributed by atoms with Crippen LogP contribution in [0.4, 0.5) is 13.2 Å². The Balaban J connectivity index is 3.08. The number of aliphatic hydroxyl groups is 1. The van der Waals surface area contributed by atoms with Crippen molar-refractivity contribution in [2.45, 2.75) is 33.5 Å². The molecule has 21 heavy (non-hydrogen) atoms. The van der Waals surface area contributed by atoms with E-state index in [1.165, 1.54) is 18.2 Å². The maximum absolute atomic E-state index is 13.0. The van der Waals surface area contributed by atoms with Crippen LogP contribution in [0.3, 0.4) is 0 Å². The average Bonchev–Trinajstić information content (AvgIpc) is 2.34. The summed E-state index contributed by atoms with van der Waals surface area (Å²) in [6.45, 7) is 6.64. The molecule has 0 aliphatic rings. The molecule has 0 fully saturated rings. The maximum Gasteiger partial charge on any atom is 0.416 e. The second kappa shape index (κ2) is 7.09. The molecular formula is C16H22F3NO. The monoisotopic (exact) mass is 301 g/mol. The van der Waals surface area contributed by atoms with Crippen molar-refractivity contribution in [3.05, 3.63) is 41.0 Å². The number of halogens is 3. The predicted octanol–water partition coefficient (Wildman–Crippen LogP) is 3.85. The normalized spacial score (nSPS) is 13.1. The molecule has 5 heteroatoms. The highest BCUT2D eigenvalue weighted by atomic mass is 19.4. The maximum atomic E-state index is 13.0. The Hall–Kier alpha value is -1.33. The fourth-order valence-electron chi connectivity index (χ4n) is 1.77. The molecule has 1 rings (SSSR count). The summed E-state index contributed by atoms with van der Waals surface area (Å²) in [4.78, 5) is 0. The lowest BCUT2D eigenvalue weighted by atomic mass is 9.94. The van der Waals surface area contributed by atoms with Crippen LogP contribution in [0.5, 0.6) is 0 Å². The van der Waals surface area contributed by atoms with Gasteiger partial charge in [-0.3, -0.25) is 0 Å². The van der Waals surface area contributed by atoms with Gasteiger partial charge >= 0.3 is 6.18 Å². The Morgan fingerprint density at radius 3 is 2.38 bits per heavy atom. The van der Waals surface area contributed by atoms with Crippen molar-refractivity contribution >= 4 is 6.08 Å². The molecule has 118 valence electrons. The smallest absolute Gasteiger partial charge is 0.395 e. The molecule has 0 bridgehead atoms. The van der Waals surface area contributed by atoms with Gasteiger partial charge in [-0.2, -0.15) is 13.2 Å². The van der Waals surface area contributed by atoms with Crippen molar-refractivity contribution in [3.8, 4) is 0 Å². The van der Waals surface area contributed by atoms with E-state index in [0.717, 1.165) is 11.6 Å². The summed E-state index contributed by atoms with van der Waals surface area (Å²) in [7, 11) is 0. The van der Waals surface area contributed by atoms with Gasteiger partial charge < -0.3 is 10.4 Å². The Kier molecular flexibility index (Phi) is 5.98. The van der Waals surface area contributed by atoms with Crippen LogP contribution in [0, 0.1) is 5.41 Å². The standard InChI is InChI=1S/C16H22F3NO/c1-15(2,3)7-6-13-10-12(11-20-8-9-21)4-5-14(13)16(17,18)19/h4-7,10,20-21H,8-9,11H2,1-3H3/b7-6+. The van der Waals surface area contributed by atoms with Crippen molar-refractivity contribution in [1.82, 2.24) is 5.32 Å². The zero-order chi connectivity index (χ0) is 16.1. The number of alkyl halides is 3. The summed E-state index contributed by atoms with van der Waals surface area (Å²) >= 11 is 0. The molecule has 0 unspecified atom stereocenters. The Morgan fingerprint density at radius 2 is 1.86 bits per heavy atom. The summed E-state index contributed by atoms with van der Waals surface area (Å²) < 4.78 is 39.1. The molecule has 0 saturated heterocycles. The molecular weight excluding hydrogens is 279 g/mol. The van der Waals surface area contributed by atoms with Gasteiger partial charge in [0.1, 0.15) is 0 Å². The lowest BCUT2D eigenvalue weighted by molar-refractivity contribution is -0.137. The van der Waals surface area contributed by atoms with Gasteiger partial charge in [0, 0.05) is 13.1 Å². The topological polar surface area (TPSA) is 32.3 Å². The molecule has 2 nitrogen and oxygen atoms in total. The zero-order valence-corrected chi connectivity index (χ0v) is 12.6. The zero-order valence-electron chi connectivity index (χ0n) is 12.6. The van der Waals surface area contributed by atoms with Crippen LogP contribution in [-0.4, -0.2) is 18.3 Å². The largest absolute Gasteiger partial charge is 0.416 e. The van der Waals surface area contributed by atoms with Crippen LogP contribution in [-0.2, 0) is 12.7 Å². The molecule has 1 aromatic rings. The third-order valence-electron chi connectivity index (χ3n) is 2.80. The van der Waals surface area contributed by atoms with Crippen molar-refractivity contribution in [2.24, 2.45) is 5.41 Å². The summed E-state index contributed by atoms with van der Waals surface area (Å²) in [5.74, 6) is 0. The van der Waals surface area contributed by atoms with Crippen LogP contribution in [0.2, 0.25) is 0 Å². The number of hydrogen-bond donors (Lipinski definition) is 2. The number of benzene rings is 1. The average molecular weight is 301 g/mol. The SMILES string of the molecule is CC(C)(C)/C=C/c1cc(CNCCO)ccc1C(F)(F)F. The number of aliphatic hydroxyl groups excluding tert-OH is 1. The molecule has 0 heterocycles. The molecule has 2 N–H and O–H groups in total. The lowest BCUT2D eigenvalue weighted by Gasteiger charge is -2.15. The Labute approximate surface area is 123 Å². The molecule has 1 aromatic carbocycles. The van der Waals surface area contributed by atoms with Crippen LogP contribution in [0.15, 0.2) is 24.3 Å². The van der Waals surface area contributed by atoms with E-state index in [9.17, 15) is 13.2 Å². The van der Waals surface area contributed by atoms with E-state index in [4.69, 9.17) is 5.11 Å². The minimum Gasteiger partial charge on any atom is -0.395 e. The van der Waals surface area contributed by atoms with Gasteiger partial charge in [-0.05, 0) is 28.7 Å². The Morgan fingerprint density at radius 1 is 1.19 bits per heavy atom. The molecule has 0 aliphatic heterocycles. The van der Waals surface area contributed by atoms with Gasteiger partial charge in [0.15, 0.2) is 0 Å². The van der Waals surface area contributed by atoms with Crippen LogP contribution in [0.25, 0.3) is 6.08 Å². The highest BCUT2D eigenvalue weighted by Gasteiger charge is 2.32. The van der Waals surface area contributed by atoms with Gasteiger partial charge in [-0.25, -0.2) is 0 Å². The van der Waals surface area contributed by atoms with Crippen molar-refractivity contribution in [1.29, 1.82) is 0 Å². The summed E-state index contributed by atoms with van der Waals surface area (Å²) in [6, 6.07) is 4.11. The molecule has 0 amide bonds. The van der Waals surface area contributed by atoms with Crippen LogP contribution >= 0.6 is 0 Å². The summed E-state index contributed by atoms with van der Waals surface area (Å²) in [5, 5.41) is 11.7. The second-order valence-corrected chi connectivity index (χ2v) is 6.02. The first-order chi connectivity index (χ1) is 9.63. The van der Waals surface area contributed by atoms with Crippen molar-refractivity contribution < 1.29 is 18.3 Å². The first-order valence-electron chi connectivity index (χ1n) is 6.84. The quantitative estimate of drug-likeness (QED) is 0.810. The highest BCUT2D eigenvalue weighted by molar-refractivity contribution is 5.56. The van der Waals surface area contributed by atoms with Crippen LogP contribution < -0.4 is 5.32 Å². The number of nitrogens with one attached hydrogen (secondary N) is 1. The highest BCUT2D eigenvalue weighted by Crippen LogP contribution is 2.33. The fourth-order valence-corrected chi connectivity index (χ4v) is 1.77. The molecule has 0 aliphatic carbocycles. The molecule has 0 aromatic heterocycles. The van der Waals surface area contributed by atoms with Gasteiger partial charge in [0.05, 0.1) is 12.2 Å². The van der Waals surface area contributed by atoms with E-state index in [-0.39, 0.29) is 17.6 Å². The van der Waals surface area contributed by atoms with Crippen molar-refractivity contribution in [2.75, 3.05) is 13.2 Å². The van der Waals surface area contributed by atoms with Gasteiger partial charge in [0.2, 0.25) is 0 Å². The van der Waals surface area contributed by atoms with E-state index in [1.807, 2.05) is 20.8 Å². The minimum atomic E-state index is -4.37. The summed E-state index contributed by atoms with van der Waals surface area (Å²) in [6.07, 6.45) is -1.07. The summed E-state index contributed by atoms with van der Waals surface area (Å²) in [5.41, 5.74) is 0.105. The third kappa shape index (κ3) is 6.31. The van der Waals surface area contributed by atoms with Gasteiger partial charge in [-0.15, -0.1) is 0 Å². The third-order valence-corrected chi connectivity index (χ3v) is 2.80. The first-order valence-corrected chi connectivity index (χ1v) is 6.84. The van der Waals surface area contributed by atoms with Crippen LogP contribution in [0.1, 0.15) is 37.5 Å². The Bertz CT molecular complexity index is 487. The van der Waals surface area contributed by atoms with E-state index >= 15 is 0 Å². The predicted molar refractivity (Wildman–Crippen MR) is 78.7 cm³/mol. The van der Waals surface area contributed by atoms with E-state index < -0.39 is 11.7 Å². The number of hydrogen-bond acceptors (Lipinski definition) is 2. The molecule has 0 spiro atoms. The minimum absolute atomic E-state index is 0.00256.